The quantitative estimate of drug-likeness (QED) is 0.0195. The van der Waals surface area contributed by atoms with E-state index < -0.39 is 26.5 Å². The highest BCUT2D eigenvalue weighted by Crippen LogP contribution is 2.38. The minimum Gasteiger partial charge on any atom is -0.756 e. The molecule has 2 unspecified atom stereocenters. The van der Waals surface area contributed by atoms with Crippen LogP contribution in [0.15, 0.2) is 134 Å². The minimum atomic E-state index is -4.66. The van der Waals surface area contributed by atoms with Gasteiger partial charge in [0.05, 0.1) is 27.7 Å². The van der Waals surface area contributed by atoms with Gasteiger partial charge >= 0.3 is 11.9 Å². The van der Waals surface area contributed by atoms with Crippen molar-refractivity contribution in [2.24, 2.45) is 0 Å². The molecular formula is C81H140NO8P. The van der Waals surface area contributed by atoms with Gasteiger partial charge in [0.25, 0.3) is 7.82 Å². The van der Waals surface area contributed by atoms with Crippen molar-refractivity contribution in [3.63, 3.8) is 0 Å². The molecule has 2 atom stereocenters. The molecule has 91 heavy (non-hydrogen) atoms. The van der Waals surface area contributed by atoms with Crippen LogP contribution < -0.4 is 4.89 Å². The lowest BCUT2D eigenvalue weighted by atomic mass is 10.0. The van der Waals surface area contributed by atoms with Crippen LogP contribution in [0, 0.1) is 0 Å². The molecule has 0 aromatic carbocycles. The van der Waals surface area contributed by atoms with Crippen molar-refractivity contribution in [3.05, 3.63) is 134 Å². The lowest BCUT2D eigenvalue weighted by Crippen LogP contribution is -2.37. The minimum absolute atomic E-state index is 0.0399. The van der Waals surface area contributed by atoms with Crippen LogP contribution in [-0.2, 0) is 32.7 Å². The summed E-state index contributed by atoms with van der Waals surface area (Å²) in [6.45, 7) is 4.13. The third kappa shape index (κ3) is 75.1. The maximum atomic E-state index is 12.9. The lowest BCUT2D eigenvalue weighted by Gasteiger charge is -2.28. The Hall–Kier alpha value is -3.85. The van der Waals surface area contributed by atoms with Crippen LogP contribution in [0.4, 0.5) is 0 Å². The van der Waals surface area contributed by atoms with E-state index in [0.29, 0.717) is 17.4 Å². The van der Waals surface area contributed by atoms with E-state index in [4.69, 9.17) is 18.5 Å². The van der Waals surface area contributed by atoms with Crippen LogP contribution in [0.5, 0.6) is 0 Å². The van der Waals surface area contributed by atoms with Gasteiger partial charge in [-0.1, -0.05) is 340 Å². The number of carbonyl (C=O) groups is 2. The number of nitrogens with zero attached hydrogens (tertiary/aromatic N) is 1. The second kappa shape index (κ2) is 70.5. The molecule has 10 heteroatoms. The first-order valence-corrected chi connectivity index (χ1v) is 38.9. The number of ether oxygens (including phenoxy) is 2. The van der Waals surface area contributed by atoms with Gasteiger partial charge in [-0.25, -0.2) is 0 Å². The Balaban J connectivity index is 4.11. The molecule has 0 saturated carbocycles. The number of likely N-dealkylation sites (N-methyl/N-ethyl adjacent to an activating group) is 1. The number of phosphoric acid groups is 1. The number of allylic oxidation sites excluding steroid dienone is 22. The molecule has 0 heterocycles. The maximum Gasteiger partial charge on any atom is 0.306 e. The van der Waals surface area contributed by atoms with Crippen molar-refractivity contribution < 1.29 is 42.1 Å². The summed E-state index contributed by atoms with van der Waals surface area (Å²) in [5.74, 6) is -0.852. The summed E-state index contributed by atoms with van der Waals surface area (Å²) in [4.78, 5) is 38.1. The summed E-state index contributed by atoms with van der Waals surface area (Å²) >= 11 is 0. The number of phosphoric ester groups is 1. The summed E-state index contributed by atoms with van der Waals surface area (Å²) in [6.07, 6.45) is 103. The number of hydrogen-bond donors (Lipinski definition) is 0. The predicted molar refractivity (Wildman–Crippen MR) is 392 cm³/mol. The molecular weight excluding hydrogens is 1150 g/mol. The van der Waals surface area contributed by atoms with Crippen molar-refractivity contribution in [1.82, 2.24) is 0 Å². The number of hydrogen-bond acceptors (Lipinski definition) is 8. The molecule has 9 nitrogen and oxygen atoms in total. The summed E-state index contributed by atoms with van der Waals surface area (Å²) < 4.78 is 34.3. The highest BCUT2D eigenvalue weighted by molar-refractivity contribution is 7.45. The van der Waals surface area contributed by atoms with Gasteiger partial charge in [0.15, 0.2) is 6.10 Å². The summed E-state index contributed by atoms with van der Waals surface area (Å²) in [5.41, 5.74) is 0. The Bertz CT molecular complexity index is 2000. The van der Waals surface area contributed by atoms with Gasteiger partial charge in [0.1, 0.15) is 19.8 Å². The zero-order valence-corrected chi connectivity index (χ0v) is 60.4. The fourth-order valence-corrected chi connectivity index (χ4v) is 11.0. The highest BCUT2D eigenvalue weighted by atomic mass is 31.2. The molecule has 0 aliphatic carbocycles. The zero-order valence-electron chi connectivity index (χ0n) is 59.5. The fraction of sp³-hybridized carbons (Fsp3) is 0.704. The van der Waals surface area contributed by atoms with Crippen molar-refractivity contribution in [2.45, 2.75) is 322 Å². The Labute approximate surface area is 561 Å². The number of quaternary nitrogens is 1. The molecule has 0 rings (SSSR count). The Morgan fingerprint density at radius 2 is 0.626 bits per heavy atom. The van der Waals surface area contributed by atoms with E-state index in [0.717, 1.165) is 122 Å². The van der Waals surface area contributed by atoms with Crippen LogP contribution >= 0.6 is 7.82 Å². The van der Waals surface area contributed by atoms with Gasteiger partial charge in [0, 0.05) is 12.8 Å². The van der Waals surface area contributed by atoms with Crippen molar-refractivity contribution in [1.29, 1.82) is 0 Å². The third-order valence-electron chi connectivity index (χ3n) is 15.9. The molecule has 0 aliphatic rings. The largest absolute Gasteiger partial charge is 0.756 e. The number of carbonyl (C=O) groups excluding carboxylic acids is 2. The van der Waals surface area contributed by atoms with Crippen LogP contribution in [0.3, 0.4) is 0 Å². The van der Waals surface area contributed by atoms with Crippen LogP contribution in [0.25, 0.3) is 0 Å². The van der Waals surface area contributed by atoms with Gasteiger partial charge in [-0.15, -0.1) is 0 Å². The van der Waals surface area contributed by atoms with E-state index in [1.54, 1.807) is 0 Å². The molecule has 0 aromatic rings. The summed E-state index contributed by atoms with van der Waals surface area (Å²) in [5, 5.41) is 0. The first-order valence-electron chi connectivity index (χ1n) is 37.4. The molecule has 0 spiro atoms. The molecule has 0 fully saturated rings. The Morgan fingerprint density at radius 3 is 0.934 bits per heavy atom. The lowest BCUT2D eigenvalue weighted by molar-refractivity contribution is -0.870. The first-order chi connectivity index (χ1) is 44.5. The van der Waals surface area contributed by atoms with E-state index >= 15 is 0 Å². The summed E-state index contributed by atoms with van der Waals surface area (Å²) in [7, 11) is 1.15. The third-order valence-corrected chi connectivity index (χ3v) is 16.9. The normalized spacial score (nSPS) is 13.9. The molecule has 0 saturated heterocycles. The zero-order chi connectivity index (χ0) is 66.2. The first kappa shape index (κ1) is 87.2. The van der Waals surface area contributed by atoms with Crippen molar-refractivity contribution in [2.75, 3.05) is 47.5 Å². The molecule has 522 valence electrons. The highest BCUT2D eigenvalue weighted by Gasteiger charge is 2.22. The SMILES string of the molecule is CC/C=C\C/C=C\C/C=C\C/C=C\C/C=C\C/C=C\C/C=C\C/C=C\C/C=C\C/C=C\C/C=C\CCCCCCCC(=O)OC(COC(=O)CCCCCCCCCCCCCCCCCCCCCCCCCCCCCC)COP(=O)([O-])OCC[N+](C)(C)C. The van der Waals surface area contributed by atoms with Crippen molar-refractivity contribution >= 4 is 19.8 Å². The maximum absolute atomic E-state index is 12.9. The Morgan fingerprint density at radius 1 is 0.352 bits per heavy atom. The van der Waals surface area contributed by atoms with Gasteiger partial charge < -0.3 is 27.9 Å². The smallest absolute Gasteiger partial charge is 0.306 e. The average molecular weight is 1290 g/mol. The molecule has 0 radical (unpaired) electrons. The fourth-order valence-electron chi connectivity index (χ4n) is 10.3. The van der Waals surface area contributed by atoms with Crippen molar-refractivity contribution in [3.8, 4) is 0 Å². The Kier molecular flexibility index (Phi) is 67.5. The van der Waals surface area contributed by atoms with E-state index in [9.17, 15) is 19.0 Å². The molecule has 0 amide bonds. The van der Waals surface area contributed by atoms with E-state index in [-0.39, 0.29) is 32.0 Å². The van der Waals surface area contributed by atoms with Crippen LogP contribution in [0.1, 0.15) is 316 Å². The molecule has 0 bridgehead atoms. The predicted octanol–water partition coefficient (Wildman–Crippen LogP) is 24.1. The van der Waals surface area contributed by atoms with Gasteiger partial charge in [-0.3, -0.25) is 14.2 Å². The van der Waals surface area contributed by atoms with Gasteiger partial charge in [0.2, 0.25) is 0 Å². The monoisotopic (exact) mass is 1290 g/mol. The number of unbranched alkanes of at least 4 members (excludes halogenated alkanes) is 32. The second-order valence-electron chi connectivity index (χ2n) is 25.9. The standard InChI is InChI=1S/C81H140NO8P/c1-6-8-10-12-14-16-18-20-22-24-26-28-30-32-34-36-37-38-39-40-41-42-43-44-45-46-48-50-52-54-56-58-60-62-64-66-68-70-72-74-81(84)90-79(78-89-91(85,86)88-76-75-82(3,4)5)77-87-80(83)73-71-69-67-65-63-61-59-57-55-53-51-49-47-35-33-31-29-27-25-23-21-19-17-15-13-11-9-7-2/h8,10,14,16,20,22,26,28,32,34,37-38,40-41,43-44,46,48,52,54,58,60,79H,6-7,9,11-13,15,17-19,21,23-25,27,29-31,33,35-36,39,42,45,47,49-51,53,55-57,59,61-78H2,1-5H3/b10-8-,16-14-,22-20-,28-26-,34-32-,38-37-,41-40-,44-43-,48-46-,54-52-,60-58-. The van der Waals surface area contributed by atoms with E-state index in [1.807, 2.05) is 21.1 Å². The molecule has 0 aromatic heterocycles. The number of rotatable bonds is 68. The van der Waals surface area contributed by atoms with Crippen LogP contribution in [0.2, 0.25) is 0 Å². The van der Waals surface area contributed by atoms with E-state index in [2.05, 4.69) is 148 Å². The number of esters is 2. The van der Waals surface area contributed by atoms with Crippen LogP contribution in [-0.4, -0.2) is 70.0 Å². The van der Waals surface area contributed by atoms with Gasteiger partial charge in [-0.05, 0) is 96.3 Å². The topological polar surface area (TPSA) is 111 Å². The van der Waals surface area contributed by atoms with E-state index in [1.165, 1.54) is 161 Å². The summed E-state index contributed by atoms with van der Waals surface area (Å²) in [6, 6.07) is 0. The van der Waals surface area contributed by atoms with Gasteiger partial charge in [-0.2, -0.15) is 0 Å². The molecule has 0 aliphatic heterocycles. The molecule has 0 N–H and O–H groups in total. The second-order valence-corrected chi connectivity index (χ2v) is 27.3. The average Bonchev–Trinajstić information content (AvgIpc) is 3.30.